The molecule has 0 aromatic rings. The van der Waals surface area contributed by atoms with Crippen molar-refractivity contribution in [3.8, 4) is 0 Å². The molecule has 8 heterocycles. The molecule has 0 aromatic carbocycles. The van der Waals surface area contributed by atoms with Crippen LogP contribution >= 0.6 is 0 Å². The van der Waals surface area contributed by atoms with Crippen molar-refractivity contribution in [2.24, 2.45) is 22.7 Å². The summed E-state index contributed by atoms with van der Waals surface area (Å²) in [5.74, 6) is -0.0261. The molecule has 8 saturated heterocycles. The Morgan fingerprint density at radius 1 is 0.541 bits per heavy atom. The molecule has 24 nitrogen and oxygen atoms in total. The molecule has 33 atom stereocenters. The van der Waals surface area contributed by atoms with E-state index >= 15 is 0 Å². The van der Waals surface area contributed by atoms with Gasteiger partial charge in [-0.2, -0.15) is 0 Å². The highest BCUT2D eigenvalue weighted by Gasteiger charge is 2.69. The predicted octanol–water partition coefficient (Wildman–Crippen LogP) is 3.22. The number of aliphatic hydroxyl groups excluding tert-OH is 5. The van der Waals surface area contributed by atoms with Gasteiger partial charge in [0.25, 0.3) is 0 Å². The van der Waals surface area contributed by atoms with Crippen molar-refractivity contribution in [1.82, 2.24) is 0 Å². The summed E-state index contributed by atoms with van der Waals surface area (Å²) in [6, 6.07) is 0. The zero-order chi connectivity index (χ0) is 60.6. The normalized spacial score (nSPS) is 53.8. The van der Waals surface area contributed by atoms with E-state index in [2.05, 4.69) is 26.8 Å². The number of fused-ring (bicyclic) bond motifs is 5. The Kier molecular flexibility index (Phi) is 20.1. The minimum absolute atomic E-state index is 0.0311. The van der Waals surface area contributed by atoms with Crippen LogP contribution in [0.5, 0.6) is 0 Å². The van der Waals surface area contributed by atoms with Gasteiger partial charge in [0.1, 0.15) is 60.7 Å². The maximum atomic E-state index is 13.4. The molecule has 5 N–H and O–H groups in total. The third-order valence-corrected chi connectivity index (χ3v) is 21.6. The second-order valence-corrected chi connectivity index (χ2v) is 26.6. The lowest BCUT2D eigenvalue weighted by Crippen LogP contribution is -2.62. The lowest BCUT2D eigenvalue weighted by Gasteiger charge is -2.53. The Morgan fingerprint density at radius 3 is 1.51 bits per heavy atom. The number of ketones is 1. The Balaban J connectivity index is 0.630. The van der Waals surface area contributed by atoms with Crippen molar-refractivity contribution in [3.05, 3.63) is 11.6 Å². The van der Waals surface area contributed by atoms with E-state index in [0.29, 0.717) is 37.9 Å². The Hall–Kier alpha value is -1.51. The topological polar surface area (TPSA) is 284 Å². The lowest BCUT2D eigenvalue weighted by atomic mass is 9.56. The van der Waals surface area contributed by atoms with Crippen LogP contribution in [0.4, 0.5) is 0 Å². The van der Waals surface area contributed by atoms with E-state index in [4.69, 9.17) is 85.3 Å². The molecule has 1 spiro atoms. The fourth-order valence-corrected chi connectivity index (χ4v) is 16.7. The molecule has 2 unspecified atom stereocenters. The maximum absolute atomic E-state index is 13.4. The van der Waals surface area contributed by atoms with Crippen LogP contribution in [0.2, 0.25) is 0 Å². The number of methoxy groups -OCH3 is 4. The summed E-state index contributed by atoms with van der Waals surface area (Å²) in [5, 5.41) is 52.3. The van der Waals surface area contributed by atoms with Gasteiger partial charge in [-0.05, 0) is 86.0 Å². The quantitative estimate of drug-likeness (QED) is 0.131. The van der Waals surface area contributed by atoms with Gasteiger partial charge >= 0.3 is 0 Å². The van der Waals surface area contributed by atoms with Gasteiger partial charge in [0.05, 0.1) is 91.4 Å². The van der Waals surface area contributed by atoms with Gasteiger partial charge < -0.3 is 111 Å². The first kappa shape index (κ1) is 65.0. The third-order valence-electron chi connectivity index (χ3n) is 21.6. The van der Waals surface area contributed by atoms with E-state index in [9.17, 15) is 30.3 Å². The van der Waals surface area contributed by atoms with E-state index in [-0.39, 0.29) is 60.6 Å². The second kappa shape index (κ2) is 26.2. The van der Waals surface area contributed by atoms with Gasteiger partial charge in [-0.15, -0.1) is 0 Å². The average molecular weight is 1220 g/mol. The molecule has 0 amide bonds. The molecule has 486 valence electrons. The van der Waals surface area contributed by atoms with Crippen LogP contribution in [-0.2, 0) is 90.1 Å². The van der Waals surface area contributed by atoms with Crippen molar-refractivity contribution in [1.29, 1.82) is 0 Å². The number of carbonyl (C=O) groups is 1. The molecule has 2 saturated carbocycles. The first-order chi connectivity index (χ1) is 40.5. The van der Waals surface area contributed by atoms with E-state index in [1.165, 1.54) is 12.7 Å². The molecule has 24 heteroatoms. The molecule has 3 aliphatic carbocycles. The van der Waals surface area contributed by atoms with E-state index in [1.807, 2.05) is 20.8 Å². The van der Waals surface area contributed by atoms with Crippen LogP contribution in [0.1, 0.15) is 132 Å². The van der Waals surface area contributed by atoms with Gasteiger partial charge in [0.2, 0.25) is 0 Å². The van der Waals surface area contributed by atoms with E-state index in [1.54, 1.807) is 35.2 Å². The highest BCUT2D eigenvalue weighted by Crippen LogP contribution is 2.66. The van der Waals surface area contributed by atoms with Crippen LogP contribution in [0.25, 0.3) is 0 Å². The smallest absolute Gasteiger partial charge is 0.187 e. The molecular weight excluding hydrogens is 1120 g/mol. The van der Waals surface area contributed by atoms with Crippen molar-refractivity contribution in [2.75, 3.05) is 35.0 Å². The summed E-state index contributed by atoms with van der Waals surface area (Å²) in [6.07, 6.45) is -10.3. The Morgan fingerprint density at radius 2 is 1.01 bits per heavy atom. The van der Waals surface area contributed by atoms with Crippen LogP contribution in [0.3, 0.4) is 0 Å². The van der Waals surface area contributed by atoms with Crippen molar-refractivity contribution >= 4 is 5.78 Å². The number of Topliss-reactive ketones (excluding diaryl/α,β-unsaturated/α-hetero) is 1. The fourth-order valence-electron chi connectivity index (χ4n) is 16.7. The summed E-state index contributed by atoms with van der Waals surface area (Å²) in [5.41, 5.74) is 0.758. The van der Waals surface area contributed by atoms with Gasteiger partial charge in [-0.3, -0.25) is 4.79 Å². The molecule has 0 aromatic heterocycles. The SMILES string of the molecule is CO[C@H]1C[C@H](O[C@H]2CC[C@@]3(C)C(=CC[C@@]45OC(C)[C@H]6CCC(=O)[C@]6(C)C(C[C@@H]43)O5)C2)O[C@H](C)[C@H]1O[C@H]1C[C@@H](OC)[C@H](O[C@H]2C[C@@H](OC)[C@H](O[C@H]3C[C@@H](O)[C@H](O[C@H]4C[C@@H](OC)[C@H](O[C@@H]5O[C@H](CO)[C@@H](O)[C@H](O)[C@H]5O)[C@@H](C)O4)[C@@H](C)O3)[C@@H](C)O2)[C@@H](C)O1. The van der Waals surface area contributed by atoms with E-state index < -0.39 is 159 Å². The maximum Gasteiger partial charge on any atom is 0.187 e. The Bertz CT molecular complexity index is 2270. The van der Waals surface area contributed by atoms with Gasteiger partial charge in [-0.25, -0.2) is 0 Å². The molecule has 10 fully saturated rings. The highest BCUT2D eigenvalue weighted by molar-refractivity contribution is 5.88. The molecule has 11 aliphatic rings. The number of rotatable bonds is 17. The summed E-state index contributed by atoms with van der Waals surface area (Å²) in [6.45, 7) is 15.4. The number of hydrogen-bond donors (Lipinski definition) is 5. The highest BCUT2D eigenvalue weighted by atomic mass is 16.8. The zero-order valence-corrected chi connectivity index (χ0v) is 51.6. The van der Waals surface area contributed by atoms with Gasteiger partial charge in [0, 0.05) is 85.2 Å². The van der Waals surface area contributed by atoms with Crippen LogP contribution in [0.15, 0.2) is 11.6 Å². The second-order valence-electron chi connectivity index (χ2n) is 26.6. The number of ether oxygens (including phenoxy) is 18. The lowest BCUT2D eigenvalue weighted by molar-refractivity contribution is -0.359. The number of aliphatic hydroxyl groups is 5. The van der Waals surface area contributed by atoms with Crippen molar-refractivity contribution in [3.63, 3.8) is 0 Å². The summed E-state index contributed by atoms with van der Waals surface area (Å²) in [4.78, 5) is 13.4. The third kappa shape index (κ3) is 12.4. The average Bonchev–Trinajstić information content (AvgIpc) is 1.75. The molecule has 0 radical (unpaired) electrons. The molecule has 11 rings (SSSR count). The van der Waals surface area contributed by atoms with Crippen molar-refractivity contribution in [2.45, 2.75) is 310 Å². The van der Waals surface area contributed by atoms with Crippen molar-refractivity contribution < 1.29 is 116 Å². The minimum Gasteiger partial charge on any atom is -0.394 e. The zero-order valence-electron chi connectivity index (χ0n) is 51.6. The molecular formula is C61H98O24. The number of carbonyl (C=O) groups excluding carboxylic acids is 1. The fraction of sp³-hybridized carbons (Fsp3) is 0.951. The summed E-state index contributed by atoms with van der Waals surface area (Å²) >= 11 is 0. The summed E-state index contributed by atoms with van der Waals surface area (Å²) in [7, 11) is 6.44. The summed E-state index contributed by atoms with van der Waals surface area (Å²) < 4.78 is 115. The Labute approximate surface area is 499 Å². The molecule has 2 bridgehead atoms. The van der Waals surface area contributed by atoms with Gasteiger partial charge in [0.15, 0.2) is 43.5 Å². The molecule has 85 heavy (non-hydrogen) atoms. The van der Waals surface area contributed by atoms with Crippen LogP contribution in [0, 0.1) is 22.7 Å². The molecule has 8 aliphatic heterocycles. The monoisotopic (exact) mass is 1210 g/mol. The standard InChI is InChI=1S/C61H98O24/c1-27-35-13-14-43(64)60(35,8)44-25-42-59(7)17-16-34(19-33(59)15-18-61(42,84-27)85-44)77-46-21-37(68-9)55(29(3)73-46)81-49-23-39(70-11)56(31(5)75-49)82-48-22-38(69-10)54(30(4)74-48)80-45-20-36(63)53(28(2)72-45)79-47-24-40(71-12)57(32(6)76-47)83-58-52(67)51(66)50(65)41(26-62)78-58/h15,27-32,34-42,44-58,62-63,65-67H,13-14,16-26H2,1-12H3/t27?,28-,29-,30-,31-,32-,34+,35-,36-,37+,38-,39-,40-,41-,42-,44?,45+,46+,47+,48+,49+,50-,51+,52-,53-,54-,55-,56-,57-,58+,59+,60-,61+/m1/s1. The van der Waals surface area contributed by atoms with Crippen LogP contribution < -0.4 is 0 Å². The first-order valence-corrected chi connectivity index (χ1v) is 31.4. The van der Waals surface area contributed by atoms with Crippen LogP contribution in [-0.4, -0.2) is 244 Å². The minimum atomic E-state index is -1.61. The number of hydrogen-bond acceptors (Lipinski definition) is 24. The van der Waals surface area contributed by atoms with E-state index in [0.717, 1.165) is 32.1 Å². The predicted molar refractivity (Wildman–Crippen MR) is 294 cm³/mol. The largest absolute Gasteiger partial charge is 0.394 e. The van der Waals surface area contributed by atoms with Gasteiger partial charge in [-0.1, -0.05) is 18.6 Å². The first-order valence-electron chi connectivity index (χ1n) is 31.4.